The van der Waals surface area contributed by atoms with E-state index in [0.717, 1.165) is 32.5 Å². The van der Waals surface area contributed by atoms with Crippen LogP contribution in [0.15, 0.2) is 30.5 Å². The van der Waals surface area contributed by atoms with Crippen LogP contribution in [0.2, 0.25) is 0 Å². The summed E-state index contributed by atoms with van der Waals surface area (Å²) in [4.78, 5) is 14.9. The minimum Gasteiger partial charge on any atom is -0.348 e. The summed E-state index contributed by atoms with van der Waals surface area (Å²) in [7, 11) is 0. The molecule has 0 saturated carbocycles. The van der Waals surface area contributed by atoms with Gasteiger partial charge in [0.15, 0.2) is 5.69 Å². The zero-order valence-electron chi connectivity index (χ0n) is 16.2. The van der Waals surface area contributed by atoms with Crippen LogP contribution in [0.25, 0.3) is 0 Å². The third kappa shape index (κ3) is 4.69. The minimum absolute atomic E-state index is 0.127. The molecule has 1 aromatic heterocycles. The Morgan fingerprint density at radius 2 is 2.00 bits per heavy atom. The van der Waals surface area contributed by atoms with E-state index in [0.29, 0.717) is 5.69 Å². The molecule has 0 aliphatic carbocycles. The molecule has 3 rings (SSSR count). The number of benzene rings is 1. The van der Waals surface area contributed by atoms with Gasteiger partial charge >= 0.3 is 0 Å². The van der Waals surface area contributed by atoms with Crippen LogP contribution in [0.1, 0.15) is 55.2 Å². The van der Waals surface area contributed by atoms with Crippen LogP contribution in [0, 0.1) is 6.92 Å². The number of rotatable bonds is 4. The molecule has 0 radical (unpaired) electrons. The predicted molar refractivity (Wildman–Crippen MR) is 102 cm³/mol. The lowest BCUT2D eigenvalue weighted by Gasteiger charge is -2.32. The number of nitrogens with zero attached hydrogens (tertiary/aromatic N) is 4. The van der Waals surface area contributed by atoms with Gasteiger partial charge in [-0.05, 0) is 46.1 Å². The number of likely N-dealkylation sites (tertiary alicyclic amines) is 1. The Balaban J connectivity index is 1.49. The highest BCUT2D eigenvalue weighted by molar-refractivity contribution is 5.92. The van der Waals surface area contributed by atoms with Gasteiger partial charge in [0, 0.05) is 25.7 Å². The molecule has 6 heteroatoms. The molecule has 1 fully saturated rings. The van der Waals surface area contributed by atoms with E-state index in [1.54, 1.807) is 10.9 Å². The fourth-order valence-corrected chi connectivity index (χ4v) is 3.26. The number of amides is 1. The topological polar surface area (TPSA) is 63.1 Å². The molecule has 1 amide bonds. The minimum atomic E-state index is -0.174. The van der Waals surface area contributed by atoms with Gasteiger partial charge in [-0.3, -0.25) is 9.69 Å². The van der Waals surface area contributed by atoms with Crippen molar-refractivity contribution in [3.63, 3.8) is 0 Å². The standard InChI is InChI=1S/C20H29N5O/c1-15-6-5-7-16(12-15)13-24-10-8-17(9-11-24)21-19(26)18-14-25(23-22-18)20(2,3)4/h5-7,12,14,17H,8-11,13H2,1-4H3,(H,21,26). The first-order valence-electron chi connectivity index (χ1n) is 9.33. The van der Waals surface area contributed by atoms with Crippen LogP contribution in [-0.2, 0) is 12.1 Å². The van der Waals surface area contributed by atoms with Crippen molar-refractivity contribution in [2.45, 2.75) is 58.7 Å². The SMILES string of the molecule is Cc1cccc(CN2CCC(NC(=O)c3cn(C(C)(C)C)nn3)CC2)c1. The molecular weight excluding hydrogens is 326 g/mol. The Kier molecular flexibility index (Phi) is 5.41. The number of aromatic nitrogens is 3. The summed E-state index contributed by atoms with van der Waals surface area (Å²) in [5.41, 5.74) is 2.87. The Bertz CT molecular complexity index is 754. The molecule has 0 atom stereocenters. The van der Waals surface area contributed by atoms with Gasteiger partial charge in [-0.1, -0.05) is 35.0 Å². The van der Waals surface area contributed by atoms with E-state index in [-0.39, 0.29) is 17.5 Å². The van der Waals surface area contributed by atoms with E-state index in [1.807, 2.05) is 20.8 Å². The third-order valence-electron chi connectivity index (χ3n) is 4.82. The van der Waals surface area contributed by atoms with E-state index in [4.69, 9.17) is 0 Å². The lowest BCUT2D eigenvalue weighted by molar-refractivity contribution is 0.0903. The van der Waals surface area contributed by atoms with Crippen molar-refractivity contribution in [3.05, 3.63) is 47.3 Å². The van der Waals surface area contributed by atoms with Gasteiger partial charge in [0.1, 0.15) is 0 Å². The Hall–Kier alpha value is -2.21. The number of carbonyl (C=O) groups is 1. The zero-order valence-corrected chi connectivity index (χ0v) is 16.2. The van der Waals surface area contributed by atoms with Crippen LogP contribution in [0.3, 0.4) is 0 Å². The molecule has 26 heavy (non-hydrogen) atoms. The molecule has 0 bridgehead atoms. The smallest absolute Gasteiger partial charge is 0.273 e. The Morgan fingerprint density at radius 1 is 1.27 bits per heavy atom. The second kappa shape index (κ2) is 7.58. The molecule has 0 unspecified atom stereocenters. The first kappa shape index (κ1) is 18.6. The predicted octanol–water partition coefficient (Wildman–Crippen LogP) is 2.74. The Labute approximate surface area is 155 Å². The summed E-state index contributed by atoms with van der Waals surface area (Å²) < 4.78 is 1.73. The van der Waals surface area contributed by atoms with Crippen LogP contribution >= 0.6 is 0 Å². The van der Waals surface area contributed by atoms with Crippen LogP contribution in [0.4, 0.5) is 0 Å². The molecule has 1 aliphatic rings. The monoisotopic (exact) mass is 355 g/mol. The normalized spacial score (nSPS) is 16.6. The van der Waals surface area contributed by atoms with Gasteiger partial charge < -0.3 is 5.32 Å². The molecular formula is C20H29N5O. The number of piperidine rings is 1. The van der Waals surface area contributed by atoms with Crippen molar-refractivity contribution >= 4 is 5.91 Å². The summed E-state index contributed by atoms with van der Waals surface area (Å²) in [6.45, 7) is 11.2. The molecule has 140 valence electrons. The molecule has 1 N–H and O–H groups in total. The average Bonchev–Trinajstić information content (AvgIpc) is 3.07. The van der Waals surface area contributed by atoms with E-state index >= 15 is 0 Å². The fourth-order valence-electron chi connectivity index (χ4n) is 3.26. The molecule has 1 aliphatic heterocycles. The van der Waals surface area contributed by atoms with Crippen molar-refractivity contribution in [1.29, 1.82) is 0 Å². The van der Waals surface area contributed by atoms with Crippen molar-refractivity contribution in [2.24, 2.45) is 0 Å². The Morgan fingerprint density at radius 3 is 2.62 bits per heavy atom. The van der Waals surface area contributed by atoms with Crippen LogP contribution in [0.5, 0.6) is 0 Å². The van der Waals surface area contributed by atoms with E-state index in [9.17, 15) is 4.79 Å². The van der Waals surface area contributed by atoms with Gasteiger partial charge in [-0.25, -0.2) is 4.68 Å². The second-order valence-corrected chi connectivity index (χ2v) is 8.23. The van der Waals surface area contributed by atoms with Crippen molar-refractivity contribution in [3.8, 4) is 0 Å². The second-order valence-electron chi connectivity index (χ2n) is 8.23. The molecule has 6 nitrogen and oxygen atoms in total. The number of hydrogen-bond donors (Lipinski definition) is 1. The third-order valence-corrected chi connectivity index (χ3v) is 4.82. The van der Waals surface area contributed by atoms with Gasteiger partial charge in [-0.2, -0.15) is 0 Å². The van der Waals surface area contributed by atoms with E-state index in [2.05, 4.69) is 51.7 Å². The first-order valence-corrected chi connectivity index (χ1v) is 9.33. The van der Waals surface area contributed by atoms with Gasteiger partial charge in [0.05, 0.1) is 11.7 Å². The summed E-state index contributed by atoms with van der Waals surface area (Å²) in [5.74, 6) is -0.127. The number of carbonyl (C=O) groups excluding carboxylic acids is 1. The summed E-state index contributed by atoms with van der Waals surface area (Å²) in [6, 6.07) is 8.87. The molecule has 1 aromatic carbocycles. The quantitative estimate of drug-likeness (QED) is 0.916. The van der Waals surface area contributed by atoms with Crippen LogP contribution < -0.4 is 5.32 Å². The van der Waals surface area contributed by atoms with Crippen LogP contribution in [-0.4, -0.2) is 44.9 Å². The van der Waals surface area contributed by atoms with Crippen molar-refractivity contribution in [2.75, 3.05) is 13.1 Å². The molecule has 1 saturated heterocycles. The van der Waals surface area contributed by atoms with Gasteiger partial charge in [0.25, 0.3) is 5.91 Å². The maximum absolute atomic E-state index is 12.4. The summed E-state index contributed by atoms with van der Waals surface area (Å²) in [6.07, 6.45) is 3.65. The van der Waals surface area contributed by atoms with Crippen molar-refractivity contribution in [1.82, 2.24) is 25.2 Å². The van der Waals surface area contributed by atoms with E-state index in [1.165, 1.54) is 11.1 Å². The number of nitrogens with one attached hydrogen (secondary N) is 1. The highest BCUT2D eigenvalue weighted by Gasteiger charge is 2.23. The summed E-state index contributed by atoms with van der Waals surface area (Å²) in [5, 5.41) is 11.2. The molecule has 2 heterocycles. The van der Waals surface area contributed by atoms with Gasteiger partial charge in [0.2, 0.25) is 0 Å². The number of hydrogen-bond acceptors (Lipinski definition) is 4. The van der Waals surface area contributed by atoms with Crippen molar-refractivity contribution < 1.29 is 4.79 Å². The summed E-state index contributed by atoms with van der Waals surface area (Å²) >= 11 is 0. The fraction of sp³-hybridized carbons (Fsp3) is 0.550. The largest absolute Gasteiger partial charge is 0.348 e. The van der Waals surface area contributed by atoms with E-state index < -0.39 is 0 Å². The maximum atomic E-state index is 12.4. The number of aryl methyl sites for hydroxylation is 1. The molecule has 2 aromatic rings. The first-order chi connectivity index (χ1) is 12.3. The zero-order chi connectivity index (χ0) is 18.7. The lowest BCUT2D eigenvalue weighted by Crippen LogP contribution is -2.44. The highest BCUT2D eigenvalue weighted by Crippen LogP contribution is 2.16. The maximum Gasteiger partial charge on any atom is 0.273 e. The highest BCUT2D eigenvalue weighted by atomic mass is 16.2. The molecule has 0 spiro atoms. The average molecular weight is 355 g/mol. The van der Waals surface area contributed by atoms with Gasteiger partial charge in [-0.15, -0.1) is 5.10 Å². The lowest BCUT2D eigenvalue weighted by atomic mass is 10.0.